The molecule has 24 heavy (non-hydrogen) atoms. The molecule has 146 valence electrons. The minimum Gasteiger partial charge on any atom is -0.388 e. The molecule has 2 unspecified atom stereocenters. The second kappa shape index (κ2) is 15.5. The van der Waals surface area contributed by atoms with E-state index in [0.717, 1.165) is 30.4 Å². The van der Waals surface area contributed by atoms with Crippen molar-refractivity contribution >= 4 is 11.6 Å². The highest BCUT2D eigenvalue weighted by Crippen LogP contribution is 2.17. The van der Waals surface area contributed by atoms with E-state index in [0.29, 0.717) is 5.38 Å². The first-order valence-electron chi connectivity index (χ1n) is 10.5. The number of aliphatic hydroxyl groups is 1. The molecule has 0 rings (SSSR count). The van der Waals surface area contributed by atoms with Gasteiger partial charge in [0.1, 0.15) is 12.6 Å². The van der Waals surface area contributed by atoms with Crippen molar-refractivity contribution in [1.82, 2.24) is 0 Å². The van der Waals surface area contributed by atoms with Gasteiger partial charge in [0.05, 0.1) is 20.6 Å². The highest BCUT2D eigenvalue weighted by Gasteiger charge is 2.19. The van der Waals surface area contributed by atoms with Crippen LogP contribution >= 0.6 is 11.6 Å². The Bertz CT molecular complexity index is 269. The smallest absolute Gasteiger partial charge is 0.104 e. The van der Waals surface area contributed by atoms with Gasteiger partial charge in [-0.15, -0.1) is 11.6 Å². The average Bonchev–Trinajstić information content (AvgIpc) is 2.49. The average molecular weight is 363 g/mol. The highest BCUT2D eigenvalue weighted by atomic mass is 35.5. The summed E-state index contributed by atoms with van der Waals surface area (Å²) < 4.78 is 0.860. The van der Waals surface area contributed by atoms with Crippen LogP contribution in [0.25, 0.3) is 0 Å². The van der Waals surface area contributed by atoms with E-state index in [-0.39, 0.29) is 6.10 Å². The second-order valence-corrected chi connectivity index (χ2v) is 9.02. The summed E-state index contributed by atoms with van der Waals surface area (Å²) in [5.74, 6) is 0. The van der Waals surface area contributed by atoms with Gasteiger partial charge in [-0.1, -0.05) is 77.6 Å². The van der Waals surface area contributed by atoms with Crippen LogP contribution in [0, 0.1) is 0 Å². The number of unbranched alkanes of at least 4 members (excludes halogenated alkanes) is 10. The van der Waals surface area contributed by atoms with Crippen molar-refractivity contribution in [3.8, 4) is 0 Å². The molecule has 0 aromatic rings. The Labute approximate surface area is 157 Å². The Morgan fingerprint density at radius 2 is 1.25 bits per heavy atom. The normalized spacial score (nSPS) is 14.8. The molecule has 0 saturated carbocycles. The maximum absolute atomic E-state index is 9.52. The monoisotopic (exact) mass is 362 g/mol. The lowest BCUT2D eigenvalue weighted by molar-refractivity contribution is -0.893. The van der Waals surface area contributed by atoms with Crippen molar-refractivity contribution in [3.63, 3.8) is 0 Å². The third kappa shape index (κ3) is 17.0. The quantitative estimate of drug-likeness (QED) is 0.187. The number of alkyl halides is 1. The summed E-state index contributed by atoms with van der Waals surface area (Å²) in [6, 6.07) is 0. The number of hydrogen-bond acceptors (Lipinski definition) is 1. The molecule has 0 spiro atoms. The van der Waals surface area contributed by atoms with E-state index in [1.165, 1.54) is 70.6 Å². The topological polar surface area (TPSA) is 20.2 Å². The second-order valence-electron chi connectivity index (χ2n) is 8.40. The van der Waals surface area contributed by atoms with Crippen LogP contribution in [0.1, 0.15) is 97.3 Å². The van der Waals surface area contributed by atoms with Crippen LogP contribution in [0.4, 0.5) is 0 Å². The molecule has 2 nitrogen and oxygen atoms in total. The van der Waals surface area contributed by atoms with E-state index in [2.05, 4.69) is 21.0 Å². The van der Waals surface area contributed by atoms with E-state index in [1.807, 2.05) is 6.92 Å². The van der Waals surface area contributed by atoms with E-state index in [9.17, 15) is 5.11 Å². The molecule has 3 heteroatoms. The van der Waals surface area contributed by atoms with Crippen LogP contribution in [-0.2, 0) is 0 Å². The molecule has 0 bridgehead atoms. The minimum atomic E-state index is -0.236. The van der Waals surface area contributed by atoms with E-state index in [1.54, 1.807) is 0 Å². The first-order chi connectivity index (χ1) is 11.4. The fourth-order valence-electron chi connectivity index (χ4n) is 3.47. The minimum absolute atomic E-state index is 0.236. The summed E-state index contributed by atoms with van der Waals surface area (Å²) in [6.45, 7) is 6.00. The molecule has 0 aliphatic rings. The third-order valence-corrected chi connectivity index (χ3v) is 5.36. The Balaban J connectivity index is 3.39. The van der Waals surface area contributed by atoms with Crippen LogP contribution in [0.3, 0.4) is 0 Å². The lowest BCUT2D eigenvalue weighted by Crippen LogP contribution is -2.45. The van der Waals surface area contributed by atoms with Gasteiger partial charge < -0.3 is 9.59 Å². The molecule has 2 atom stereocenters. The largest absolute Gasteiger partial charge is 0.388 e. The van der Waals surface area contributed by atoms with Crippen LogP contribution < -0.4 is 0 Å². The number of likely N-dealkylation sites (N-methyl/N-ethyl adjacent to an activating group) is 1. The Kier molecular flexibility index (Phi) is 15.6. The molecule has 0 aromatic carbocycles. The van der Waals surface area contributed by atoms with Crippen molar-refractivity contribution in [1.29, 1.82) is 0 Å². The van der Waals surface area contributed by atoms with Gasteiger partial charge in [-0.3, -0.25) is 0 Å². The van der Waals surface area contributed by atoms with Gasteiger partial charge in [0.2, 0.25) is 0 Å². The maximum atomic E-state index is 9.52. The lowest BCUT2D eigenvalue weighted by Gasteiger charge is -2.31. The zero-order valence-corrected chi connectivity index (χ0v) is 17.8. The zero-order chi connectivity index (χ0) is 18.3. The van der Waals surface area contributed by atoms with Crippen LogP contribution in [0.5, 0.6) is 0 Å². The fourth-order valence-corrected chi connectivity index (χ4v) is 3.72. The summed E-state index contributed by atoms with van der Waals surface area (Å²) in [5, 5.41) is 9.82. The molecule has 0 aliphatic heterocycles. The number of nitrogens with zero attached hydrogens (tertiary/aromatic N) is 1. The Morgan fingerprint density at radius 1 is 0.792 bits per heavy atom. The van der Waals surface area contributed by atoms with Crippen LogP contribution in [0.15, 0.2) is 0 Å². The highest BCUT2D eigenvalue weighted by molar-refractivity contribution is 6.20. The van der Waals surface area contributed by atoms with Crippen LogP contribution in [-0.4, -0.2) is 48.3 Å². The van der Waals surface area contributed by atoms with Gasteiger partial charge in [-0.25, -0.2) is 0 Å². The standard InChI is InChI=1S/C21H45ClNO/c1-5-6-7-8-9-10-11-12-13-14-15-16-21(22)17-18-23(3,4)19-20(2)24/h20-21,24H,5-19H2,1-4H3/q+1. The van der Waals surface area contributed by atoms with Crippen molar-refractivity contribution in [3.05, 3.63) is 0 Å². The van der Waals surface area contributed by atoms with Crippen molar-refractivity contribution in [2.24, 2.45) is 0 Å². The van der Waals surface area contributed by atoms with Gasteiger partial charge in [-0.2, -0.15) is 0 Å². The molecule has 0 fully saturated rings. The van der Waals surface area contributed by atoms with Crippen LogP contribution in [0.2, 0.25) is 0 Å². The van der Waals surface area contributed by atoms with E-state index in [4.69, 9.17) is 11.6 Å². The fraction of sp³-hybridized carbons (Fsp3) is 1.00. The molecule has 0 aromatic heterocycles. The first kappa shape index (κ1) is 24.2. The van der Waals surface area contributed by atoms with Crippen molar-refractivity contribution in [2.75, 3.05) is 27.2 Å². The summed E-state index contributed by atoms with van der Waals surface area (Å²) in [7, 11) is 4.36. The molecular weight excluding hydrogens is 318 g/mol. The summed E-state index contributed by atoms with van der Waals surface area (Å²) in [4.78, 5) is 0. The molecule has 0 aliphatic carbocycles. The number of hydrogen-bond donors (Lipinski definition) is 1. The number of rotatable bonds is 17. The molecule has 0 heterocycles. The predicted molar refractivity (Wildman–Crippen MR) is 109 cm³/mol. The molecule has 1 N–H and O–H groups in total. The number of aliphatic hydroxyl groups excluding tert-OH is 1. The Hall–Kier alpha value is 0.210. The molecular formula is C21H45ClNO+. The van der Waals surface area contributed by atoms with Gasteiger partial charge >= 0.3 is 0 Å². The van der Waals surface area contributed by atoms with Gasteiger partial charge in [0.25, 0.3) is 0 Å². The van der Waals surface area contributed by atoms with E-state index < -0.39 is 0 Å². The number of quaternary nitrogens is 1. The van der Waals surface area contributed by atoms with Gasteiger partial charge in [0, 0.05) is 11.8 Å². The van der Waals surface area contributed by atoms with E-state index >= 15 is 0 Å². The third-order valence-electron chi connectivity index (χ3n) is 4.93. The van der Waals surface area contributed by atoms with Crippen molar-refractivity contribution in [2.45, 2.75) is 109 Å². The van der Waals surface area contributed by atoms with Gasteiger partial charge in [-0.05, 0) is 13.3 Å². The summed E-state index contributed by atoms with van der Waals surface area (Å²) in [6.07, 6.45) is 17.3. The number of halogens is 1. The molecule has 0 amide bonds. The summed E-state index contributed by atoms with van der Waals surface area (Å²) in [5.41, 5.74) is 0. The molecule has 0 saturated heterocycles. The molecule has 0 radical (unpaired) electrons. The SMILES string of the molecule is CCCCCCCCCCCCCC(Cl)CC[N+](C)(C)CC(C)O. The van der Waals surface area contributed by atoms with Crippen molar-refractivity contribution < 1.29 is 9.59 Å². The lowest BCUT2D eigenvalue weighted by atomic mass is 10.0. The zero-order valence-electron chi connectivity index (χ0n) is 17.0. The Morgan fingerprint density at radius 3 is 1.71 bits per heavy atom. The predicted octanol–water partition coefficient (Wildman–Crippen LogP) is 6.14. The first-order valence-corrected chi connectivity index (χ1v) is 10.9. The van der Waals surface area contributed by atoms with Gasteiger partial charge in [0.15, 0.2) is 0 Å². The summed E-state index contributed by atoms with van der Waals surface area (Å²) >= 11 is 6.47. The maximum Gasteiger partial charge on any atom is 0.104 e.